The number of hydrogen-bond acceptors (Lipinski definition) is 3. The molecule has 96 valence electrons. The fourth-order valence-corrected chi connectivity index (χ4v) is 1.55. The zero-order valence-corrected chi connectivity index (χ0v) is 11.5. The van der Waals surface area contributed by atoms with Gasteiger partial charge in [0.1, 0.15) is 0 Å². The molecular formula is C12H17Cl2NO2. The Hall–Kier alpha value is -0.770. The van der Waals surface area contributed by atoms with E-state index in [1.54, 1.807) is 13.0 Å². The Kier molecular flexibility index (Phi) is 7.19. The Labute approximate surface area is 113 Å². The summed E-state index contributed by atoms with van der Waals surface area (Å²) >= 11 is 5.98. The number of aryl methyl sites for hydroxylation is 1. The fourth-order valence-electron chi connectivity index (χ4n) is 1.36. The molecule has 5 heteroatoms. The minimum absolute atomic E-state index is 0. The molecule has 0 amide bonds. The Morgan fingerprint density at radius 3 is 2.71 bits per heavy atom. The molecular weight excluding hydrogens is 261 g/mol. The van der Waals surface area contributed by atoms with E-state index in [1.165, 1.54) is 0 Å². The maximum atomic E-state index is 11.2. The third-order valence-electron chi connectivity index (χ3n) is 2.32. The molecule has 17 heavy (non-hydrogen) atoms. The van der Waals surface area contributed by atoms with Crippen molar-refractivity contribution in [3.8, 4) is 0 Å². The first kappa shape index (κ1) is 16.2. The Morgan fingerprint density at radius 1 is 1.53 bits per heavy atom. The number of carbonyl (C=O) groups excluding carboxylic acids is 1. The zero-order chi connectivity index (χ0) is 12.1. The molecule has 1 rings (SSSR count). The maximum Gasteiger partial charge on any atom is 0.307 e. The Bertz CT molecular complexity index is 383. The number of esters is 1. The third-order valence-corrected chi connectivity index (χ3v) is 2.72. The topological polar surface area (TPSA) is 52.3 Å². The summed E-state index contributed by atoms with van der Waals surface area (Å²) in [5.74, 6) is -0.285. The molecule has 0 aliphatic heterocycles. The van der Waals surface area contributed by atoms with Crippen molar-refractivity contribution in [3.63, 3.8) is 0 Å². The predicted octanol–water partition coefficient (Wildman–Crippen LogP) is 3.02. The van der Waals surface area contributed by atoms with Gasteiger partial charge in [0.05, 0.1) is 13.0 Å². The predicted molar refractivity (Wildman–Crippen MR) is 71.6 cm³/mol. The number of benzene rings is 1. The average Bonchev–Trinajstić information content (AvgIpc) is 2.22. The molecule has 0 radical (unpaired) electrons. The van der Waals surface area contributed by atoms with Crippen molar-refractivity contribution in [2.24, 2.45) is 5.73 Å². The summed E-state index contributed by atoms with van der Waals surface area (Å²) in [5, 5.41) is 0.664. The molecule has 0 spiro atoms. The number of carbonyl (C=O) groups is 1. The van der Waals surface area contributed by atoms with Crippen LogP contribution in [0.3, 0.4) is 0 Å². The average molecular weight is 278 g/mol. The summed E-state index contributed by atoms with van der Waals surface area (Å²) in [6, 6.07) is 5.20. The van der Waals surface area contributed by atoms with Crippen LogP contribution >= 0.6 is 24.0 Å². The van der Waals surface area contributed by atoms with E-state index in [0.29, 0.717) is 11.6 Å². The van der Waals surface area contributed by atoms with Gasteiger partial charge in [0, 0.05) is 11.1 Å². The second-order valence-electron chi connectivity index (χ2n) is 3.62. The minimum Gasteiger partial charge on any atom is -0.466 e. The highest BCUT2D eigenvalue weighted by molar-refractivity contribution is 6.31. The van der Waals surface area contributed by atoms with E-state index in [4.69, 9.17) is 22.1 Å². The van der Waals surface area contributed by atoms with Crippen molar-refractivity contribution in [2.45, 2.75) is 26.3 Å². The van der Waals surface area contributed by atoms with E-state index in [9.17, 15) is 4.79 Å². The largest absolute Gasteiger partial charge is 0.466 e. The normalized spacial score (nSPS) is 11.5. The van der Waals surface area contributed by atoms with Gasteiger partial charge in [-0.1, -0.05) is 23.7 Å². The standard InChI is InChI=1S/C12H16ClNO2.ClH/c1-3-16-12(15)7-11(14)9-5-4-8(2)10(13)6-9;/h4-6,11H,3,7,14H2,1-2H3;1H/t11-;/m0./s1. The second-order valence-corrected chi connectivity index (χ2v) is 4.03. The van der Waals surface area contributed by atoms with Gasteiger partial charge >= 0.3 is 5.97 Å². The van der Waals surface area contributed by atoms with E-state index >= 15 is 0 Å². The molecule has 0 bridgehead atoms. The van der Waals surface area contributed by atoms with Crippen LogP contribution in [0, 0.1) is 6.92 Å². The van der Waals surface area contributed by atoms with Gasteiger partial charge in [-0.25, -0.2) is 0 Å². The lowest BCUT2D eigenvalue weighted by Crippen LogP contribution is -2.17. The fraction of sp³-hybridized carbons (Fsp3) is 0.417. The lowest BCUT2D eigenvalue weighted by molar-refractivity contribution is -0.143. The van der Waals surface area contributed by atoms with E-state index < -0.39 is 0 Å². The smallest absolute Gasteiger partial charge is 0.307 e. The zero-order valence-electron chi connectivity index (χ0n) is 9.90. The molecule has 0 aromatic heterocycles. The van der Waals surface area contributed by atoms with Crippen LogP contribution in [-0.4, -0.2) is 12.6 Å². The minimum atomic E-state index is -0.364. The molecule has 0 saturated heterocycles. The van der Waals surface area contributed by atoms with Crippen molar-refractivity contribution in [1.82, 2.24) is 0 Å². The van der Waals surface area contributed by atoms with Crippen LogP contribution in [0.5, 0.6) is 0 Å². The number of nitrogens with two attached hydrogens (primary N) is 1. The van der Waals surface area contributed by atoms with Crippen LogP contribution in [-0.2, 0) is 9.53 Å². The van der Waals surface area contributed by atoms with Gasteiger partial charge in [-0.05, 0) is 31.0 Å². The van der Waals surface area contributed by atoms with Crippen LogP contribution in [0.25, 0.3) is 0 Å². The third kappa shape index (κ3) is 4.94. The highest BCUT2D eigenvalue weighted by Gasteiger charge is 2.13. The quantitative estimate of drug-likeness (QED) is 0.861. The lowest BCUT2D eigenvalue weighted by Gasteiger charge is -2.12. The molecule has 1 aromatic carbocycles. The number of hydrogen-bond donors (Lipinski definition) is 1. The molecule has 0 heterocycles. The molecule has 2 N–H and O–H groups in total. The van der Waals surface area contributed by atoms with Crippen LogP contribution in [0.4, 0.5) is 0 Å². The van der Waals surface area contributed by atoms with Crippen LogP contribution < -0.4 is 5.73 Å². The summed E-state index contributed by atoms with van der Waals surface area (Å²) in [7, 11) is 0. The number of rotatable bonds is 4. The molecule has 0 aliphatic rings. The summed E-state index contributed by atoms with van der Waals surface area (Å²) in [4.78, 5) is 11.2. The van der Waals surface area contributed by atoms with Crippen molar-refractivity contribution in [1.29, 1.82) is 0 Å². The van der Waals surface area contributed by atoms with Crippen LogP contribution in [0.15, 0.2) is 18.2 Å². The molecule has 0 unspecified atom stereocenters. The van der Waals surface area contributed by atoms with Gasteiger partial charge < -0.3 is 10.5 Å². The lowest BCUT2D eigenvalue weighted by atomic mass is 10.0. The maximum absolute atomic E-state index is 11.2. The van der Waals surface area contributed by atoms with Gasteiger partial charge in [0.2, 0.25) is 0 Å². The first-order valence-electron chi connectivity index (χ1n) is 5.21. The summed E-state index contributed by atoms with van der Waals surface area (Å²) in [6.07, 6.45) is 0.174. The molecule has 1 atom stereocenters. The molecule has 0 aliphatic carbocycles. The SMILES string of the molecule is CCOC(=O)C[C@H](N)c1ccc(C)c(Cl)c1.Cl. The van der Waals surface area contributed by atoms with Gasteiger partial charge in [-0.2, -0.15) is 0 Å². The van der Waals surface area contributed by atoms with Crippen molar-refractivity contribution in [3.05, 3.63) is 34.3 Å². The van der Waals surface area contributed by atoms with Crippen molar-refractivity contribution in [2.75, 3.05) is 6.61 Å². The second kappa shape index (κ2) is 7.54. The summed E-state index contributed by atoms with van der Waals surface area (Å²) in [6.45, 7) is 4.06. The van der Waals surface area contributed by atoms with Crippen LogP contribution in [0.1, 0.15) is 30.5 Å². The van der Waals surface area contributed by atoms with E-state index in [2.05, 4.69) is 0 Å². The van der Waals surface area contributed by atoms with Gasteiger partial charge in [-0.3, -0.25) is 4.79 Å². The first-order chi connectivity index (χ1) is 7.54. The van der Waals surface area contributed by atoms with Crippen molar-refractivity contribution < 1.29 is 9.53 Å². The Balaban J connectivity index is 0.00000256. The van der Waals surface area contributed by atoms with Crippen molar-refractivity contribution >= 4 is 30.0 Å². The Morgan fingerprint density at radius 2 is 2.18 bits per heavy atom. The van der Waals surface area contributed by atoms with Crippen LogP contribution in [0.2, 0.25) is 5.02 Å². The van der Waals surface area contributed by atoms with E-state index in [1.807, 2.05) is 19.1 Å². The molecule has 0 saturated carbocycles. The summed E-state index contributed by atoms with van der Waals surface area (Å²) < 4.78 is 4.84. The number of ether oxygens (including phenoxy) is 1. The van der Waals surface area contributed by atoms with Gasteiger partial charge in [0.15, 0.2) is 0 Å². The summed E-state index contributed by atoms with van der Waals surface area (Å²) in [5.41, 5.74) is 7.73. The molecule has 3 nitrogen and oxygen atoms in total. The first-order valence-corrected chi connectivity index (χ1v) is 5.59. The van der Waals surface area contributed by atoms with Gasteiger partial charge in [0.25, 0.3) is 0 Å². The highest BCUT2D eigenvalue weighted by atomic mass is 35.5. The highest BCUT2D eigenvalue weighted by Crippen LogP contribution is 2.22. The number of halogens is 2. The molecule has 0 fully saturated rings. The molecule has 1 aromatic rings. The monoisotopic (exact) mass is 277 g/mol. The van der Waals surface area contributed by atoms with Gasteiger partial charge in [-0.15, -0.1) is 12.4 Å². The van der Waals surface area contributed by atoms with E-state index in [-0.39, 0.29) is 30.8 Å². The van der Waals surface area contributed by atoms with E-state index in [0.717, 1.165) is 11.1 Å².